The van der Waals surface area contributed by atoms with Crippen molar-refractivity contribution in [3.05, 3.63) is 71.4 Å². The molecule has 3 rings (SSSR count). The second-order valence-electron chi connectivity index (χ2n) is 5.42. The number of rotatable bonds is 6. The fourth-order valence-electron chi connectivity index (χ4n) is 2.37. The van der Waals surface area contributed by atoms with Gasteiger partial charge in [0, 0.05) is 23.2 Å². The van der Waals surface area contributed by atoms with Crippen molar-refractivity contribution >= 4 is 28.5 Å². The van der Waals surface area contributed by atoms with Crippen LogP contribution in [0.25, 0.3) is 10.9 Å². The van der Waals surface area contributed by atoms with Crippen molar-refractivity contribution in [2.75, 3.05) is 13.2 Å². The zero-order chi connectivity index (χ0) is 17.5. The smallest absolute Gasteiger partial charge is 0.315 e. The molecule has 0 aliphatic heterocycles. The third kappa shape index (κ3) is 4.84. The molecule has 128 valence electrons. The van der Waals surface area contributed by atoms with Crippen molar-refractivity contribution in [3.8, 4) is 5.75 Å². The molecule has 2 amide bonds. The molecule has 6 heteroatoms. The number of fused-ring (bicyclic) bond motifs is 1. The van der Waals surface area contributed by atoms with Gasteiger partial charge >= 0.3 is 6.03 Å². The third-order valence-corrected chi connectivity index (χ3v) is 3.86. The van der Waals surface area contributed by atoms with Crippen LogP contribution in [0.2, 0.25) is 5.02 Å². The summed E-state index contributed by atoms with van der Waals surface area (Å²) in [7, 11) is 0. The number of benzene rings is 2. The van der Waals surface area contributed by atoms with Crippen LogP contribution in [0.5, 0.6) is 5.75 Å². The van der Waals surface area contributed by atoms with Gasteiger partial charge in [0.25, 0.3) is 0 Å². The maximum Gasteiger partial charge on any atom is 0.315 e. The van der Waals surface area contributed by atoms with Gasteiger partial charge in [0.1, 0.15) is 17.9 Å². The minimum Gasteiger partial charge on any atom is -0.489 e. The van der Waals surface area contributed by atoms with Crippen LogP contribution in [0.15, 0.2) is 60.8 Å². The van der Waals surface area contributed by atoms with Crippen LogP contribution in [0, 0.1) is 0 Å². The second kappa shape index (κ2) is 8.35. The second-order valence-corrected chi connectivity index (χ2v) is 5.85. The molecular weight excluding hydrogens is 338 g/mol. The highest BCUT2D eigenvalue weighted by molar-refractivity contribution is 6.30. The van der Waals surface area contributed by atoms with E-state index in [1.54, 1.807) is 18.3 Å². The number of amides is 2. The average Bonchev–Trinajstić information content (AvgIpc) is 2.65. The first kappa shape index (κ1) is 17.0. The highest BCUT2D eigenvalue weighted by Gasteiger charge is 2.04. The lowest BCUT2D eigenvalue weighted by Crippen LogP contribution is -2.37. The largest absolute Gasteiger partial charge is 0.489 e. The topological polar surface area (TPSA) is 63.2 Å². The molecule has 0 radical (unpaired) electrons. The Balaban J connectivity index is 1.42. The predicted octanol–water partition coefficient (Wildman–Crippen LogP) is 3.77. The summed E-state index contributed by atoms with van der Waals surface area (Å²) in [6.07, 6.45) is 1.73. The summed E-state index contributed by atoms with van der Waals surface area (Å²) in [5.74, 6) is 0.710. The summed E-state index contributed by atoms with van der Waals surface area (Å²) in [6, 6.07) is 16.7. The van der Waals surface area contributed by atoms with E-state index in [1.807, 2.05) is 42.5 Å². The molecule has 5 nitrogen and oxygen atoms in total. The van der Waals surface area contributed by atoms with Gasteiger partial charge in [-0.15, -0.1) is 0 Å². The number of hydrogen-bond donors (Lipinski definition) is 2. The molecular formula is C19H18ClN3O2. The molecule has 0 spiro atoms. The lowest BCUT2D eigenvalue weighted by Gasteiger charge is -2.10. The molecule has 2 N–H and O–H groups in total. The standard InChI is InChI=1S/C19H18ClN3O2/c20-16-8-6-14(7-9-16)13-23-19(24)22-11-12-25-17-5-1-3-15-4-2-10-21-18(15)17/h1-10H,11-13H2,(H2,22,23,24). The zero-order valence-electron chi connectivity index (χ0n) is 13.5. The van der Waals surface area contributed by atoms with Crippen molar-refractivity contribution in [1.29, 1.82) is 0 Å². The van der Waals surface area contributed by atoms with Crippen molar-refractivity contribution in [2.45, 2.75) is 6.54 Å². The van der Waals surface area contributed by atoms with E-state index in [4.69, 9.17) is 16.3 Å². The molecule has 2 aromatic carbocycles. The highest BCUT2D eigenvalue weighted by Crippen LogP contribution is 2.22. The lowest BCUT2D eigenvalue weighted by molar-refractivity contribution is 0.236. The Bertz CT molecular complexity index is 847. The molecule has 0 unspecified atom stereocenters. The number of carbonyl (C=O) groups excluding carboxylic acids is 1. The average molecular weight is 356 g/mol. The van der Waals surface area contributed by atoms with Gasteiger partial charge in [-0.05, 0) is 29.8 Å². The van der Waals surface area contributed by atoms with E-state index >= 15 is 0 Å². The van der Waals surface area contributed by atoms with Gasteiger partial charge in [0.15, 0.2) is 0 Å². The maximum atomic E-state index is 11.8. The van der Waals surface area contributed by atoms with E-state index < -0.39 is 0 Å². The van der Waals surface area contributed by atoms with Crippen LogP contribution in [-0.4, -0.2) is 24.2 Å². The molecule has 0 saturated heterocycles. The number of nitrogens with zero attached hydrogens (tertiary/aromatic N) is 1. The number of para-hydroxylation sites is 1. The highest BCUT2D eigenvalue weighted by atomic mass is 35.5. The Hall–Kier alpha value is -2.79. The van der Waals surface area contributed by atoms with Crippen molar-refractivity contribution in [3.63, 3.8) is 0 Å². The first-order chi connectivity index (χ1) is 12.2. The number of carbonyl (C=O) groups is 1. The monoisotopic (exact) mass is 355 g/mol. The van der Waals surface area contributed by atoms with E-state index in [2.05, 4.69) is 15.6 Å². The summed E-state index contributed by atoms with van der Waals surface area (Å²) < 4.78 is 5.73. The van der Waals surface area contributed by atoms with Crippen molar-refractivity contribution < 1.29 is 9.53 Å². The number of aromatic nitrogens is 1. The molecule has 0 aliphatic rings. The number of pyridine rings is 1. The summed E-state index contributed by atoms with van der Waals surface area (Å²) in [5.41, 5.74) is 1.80. The first-order valence-corrected chi connectivity index (χ1v) is 8.33. The Morgan fingerprint density at radius 3 is 2.68 bits per heavy atom. The van der Waals surface area contributed by atoms with E-state index in [-0.39, 0.29) is 6.03 Å². The lowest BCUT2D eigenvalue weighted by atomic mass is 10.2. The van der Waals surface area contributed by atoms with E-state index in [0.717, 1.165) is 16.5 Å². The molecule has 3 aromatic rings. The minimum absolute atomic E-state index is 0.241. The number of hydrogen-bond acceptors (Lipinski definition) is 3. The molecule has 0 atom stereocenters. The quantitative estimate of drug-likeness (QED) is 0.662. The van der Waals surface area contributed by atoms with Gasteiger partial charge in [0.2, 0.25) is 0 Å². The van der Waals surface area contributed by atoms with Crippen LogP contribution < -0.4 is 15.4 Å². The Labute approximate surface area is 151 Å². The van der Waals surface area contributed by atoms with Crippen molar-refractivity contribution in [2.24, 2.45) is 0 Å². The molecule has 0 bridgehead atoms. The number of ether oxygens (including phenoxy) is 1. The van der Waals surface area contributed by atoms with E-state index in [1.165, 1.54) is 0 Å². The van der Waals surface area contributed by atoms with E-state index in [0.29, 0.717) is 30.5 Å². The van der Waals surface area contributed by atoms with Gasteiger partial charge in [-0.3, -0.25) is 4.98 Å². The van der Waals surface area contributed by atoms with Crippen molar-refractivity contribution in [1.82, 2.24) is 15.6 Å². The predicted molar refractivity (Wildman–Crippen MR) is 98.9 cm³/mol. The minimum atomic E-state index is -0.241. The van der Waals surface area contributed by atoms with Gasteiger partial charge < -0.3 is 15.4 Å². The molecule has 1 heterocycles. The number of halogens is 1. The summed E-state index contributed by atoms with van der Waals surface area (Å²) >= 11 is 5.83. The van der Waals surface area contributed by atoms with Gasteiger partial charge in [-0.25, -0.2) is 4.79 Å². The number of nitrogens with one attached hydrogen (secondary N) is 2. The summed E-state index contributed by atoms with van der Waals surface area (Å²) in [5, 5.41) is 7.24. The van der Waals surface area contributed by atoms with Crippen LogP contribution in [-0.2, 0) is 6.54 Å². The third-order valence-electron chi connectivity index (χ3n) is 3.61. The fourth-order valence-corrected chi connectivity index (χ4v) is 2.49. The maximum absolute atomic E-state index is 11.8. The normalized spacial score (nSPS) is 10.4. The Morgan fingerprint density at radius 2 is 1.84 bits per heavy atom. The molecule has 0 aliphatic carbocycles. The first-order valence-electron chi connectivity index (χ1n) is 7.95. The van der Waals surface area contributed by atoms with Gasteiger partial charge in [-0.1, -0.05) is 41.9 Å². The Kier molecular flexibility index (Phi) is 5.69. The van der Waals surface area contributed by atoms with E-state index in [9.17, 15) is 4.79 Å². The molecule has 0 saturated carbocycles. The van der Waals surface area contributed by atoms with Crippen LogP contribution >= 0.6 is 11.6 Å². The van der Waals surface area contributed by atoms with Crippen LogP contribution in [0.3, 0.4) is 0 Å². The fraction of sp³-hybridized carbons (Fsp3) is 0.158. The molecule has 0 fully saturated rings. The molecule has 1 aromatic heterocycles. The van der Waals surface area contributed by atoms with Gasteiger partial charge in [-0.2, -0.15) is 0 Å². The number of urea groups is 1. The van der Waals surface area contributed by atoms with Gasteiger partial charge in [0.05, 0.1) is 6.54 Å². The summed E-state index contributed by atoms with van der Waals surface area (Å²) in [6.45, 7) is 1.21. The SMILES string of the molecule is O=C(NCCOc1cccc2cccnc12)NCc1ccc(Cl)cc1. The molecule has 25 heavy (non-hydrogen) atoms. The zero-order valence-corrected chi connectivity index (χ0v) is 14.3. The van der Waals surface area contributed by atoms with Crippen LogP contribution in [0.1, 0.15) is 5.56 Å². The van der Waals surface area contributed by atoms with Crippen LogP contribution in [0.4, 0.5) is 4.79 Å². The summed E-state index contributed by atoms with van der Waals surface area (Å²) in [4.78, 5) is 16.1. The Morgan fingerprint density at radius 1 is 1.04 bits per heavy atom.